The van der Waals surface area contributed by atoms with Gasteiger partial charge in [0.2, 0.25) is 0 Å². The maximum absolute atomic E-state index is 11.6. The molecule has 2 bridgehead atoms. The van der Waals surface area contributed by atoms with Crippen LogP contribution in [0.3, 0.4) is 0 Å². The molecule has 1 aromatic heterocycles. The number of carbonyl (C=O) groups excluding carboxylic acids is 1. The summed E-state index contributed by atoms with van der Waals surface area (Å²) in [6.07, 6.45) is 5.58. The van der Waals surface area contributed by atoms with Crippen molar-refractivity contribution in [3.63, 3.8) is 0 Å². The quantitative estimate of drug-likeness (QED) is 0.918. The van der Waals surface area contributed by atoms with Crippen LogP contribution in [0.5, 0.6) is 0 Å². The fraction of sp³-hybridized carbons (Fsp3) is 0.625. The van der Waals surface area contributed by atoms with Crippen LogP contribution in [-0.4, -0.2) is 17.0 Å². The molecule has 0 aliphatic carbocycles. The van der Waals surface area contributed by atoms with E-state index in [2.05, 4.69) is 18.8 Å². The molecule has 0 saturated carbocycles. The van der Waals surface area contributed by atoms with Crippen molar-refractivity contribution in [3.8, 4) is 0 Å². The Kier molecular flexibility index (Phi) is 3.50. The van der Waals surface area contributed by atoms with Crippen LogP contribution in [0, 0.1) is 0 Å². The number of primary amides is 1. The number of rotatable bonds is 4. The highest BCUT2D eigenvalue weighted by molar-refractivity contribution is 5.91. The van der Waals surface area contributed by atoms with E-state index >= 15 is 0 Å². The van der Waals surface area contributed by atoms with E-state index in [1.54, 1.807) is 0 Å². The Morgan fingerprint density at radius 1 is 1.45 bits per heavy atom. The molecule has 2 N–H and O–H groups in total. The van der Waals surface area contributed by atoms with E-state index < -0.39 is 5.91 Å². The van der Waals surface area contributed by atoms with Crippen LogP contribution in [0.1, 0.15) is 78.9 Å². The Labute approximate surface area is 119 Å². The van der Waals surface area contributed by atoms with E-state index in [-0.39, 0.29) is 6.10 Å². The molecule has 1 saturated heterocycles. The summed E-state index contributed by atoms with van der Waals surface area (Å²) in [5, 5.41) is 0. The Hall–Kier alpha value is -1.42. The number of aromatic nitrogens is 1. The van der Waals surface area contributed by atoms with E-state index in [0.29, 0.717) is 17.7 Å². The summed E-state index contributed by atoms with van der Waals surface area (Å²) < 4.78 is 5.95. The van der Waals surface area contributed by atoms with Crippen LogP contribution in [-0.2, 0) is 11.2 Å². The molecule has 3 rings (SSSR count). The van der Waals surface area contributed by atoms with Gasteiger partial charge in [-0.1, -0.05) is 13.8 Å². The molecule has 20 heavy (non-hydrogen) atoms. The summed E-state index contributed by atoms with van der Waals surface area (Å²) in [4.78, 5) is 16.1. The molecular weight excluding hydrogens is 252 g/mol. The standard InChI is InChI=1S/C16H22N2O2/c1-3-9(4-2)11-8-13(16(17)19)18-15-12(11)7-10-5-6-14(15)20-10/h8-10,14H,3-7H2,1-2H3,(H2,17,19). The number of fused-ring (bicyclic) bond motifs is 4. The van der Waals surface area contributed by atoms with Gasteiger partial charge in [0.25, 0.3) is 5.91 Å². The zero-order valence-electron chi connectivity index (χ0n) is 12.2. The van der Waals surface area contributed by atoms with Crippen LogP contribution in [0.25, 0.3) is 0 Å². The monoisotopic (exact) mass is 274 g/mol. The van der Waals surface area contributed by atoms with Crippen molar-refractivity contribution in [1.29, 1.82) is 0 Å². The Morgan fingerprint density at radius 3 is 2.85 bits per heavy atom. The third kappa shape index (κ3) is 2.12. The normalized spacial score (nSPS) is 23.9. The van der Waals surface area contributed by atoms with Gasteiger partial charge in [0, 0.05) is 6.42 Å². The van der Waals surface area contributed by atoms with Gasteiger partial charge in [-0.05, 0) is 48.8 Å². The third-order valence-corrected chi connectivity index (χ3v) is 4.71. The number of hydrogen-bond acceptors (Lipinski definition) is 3. The molecule has 2 atom stereocenters. The largest absolute Gasteiger partial charge is 0.368 e. The smallest absolute Gasteiger partial charge is 0.267 e. The van der Waals surface area contributed by atoms with Crippen molar-refractivity contribution in [3.05, 3.63) is 28.6 Å². The molecule has 0 radical (unpaired) electrons. The average Bonchev–Trinajstić information content (AvgIpc) is 2.83. The van der Waals surface area contributed by atoms with Gasteiger partial charge >= 0.3 is 0 Å². The van der Waals surface area contributed by atoms with E-state index in [0.717, 1.165) is 37.8 Å². The van der Waals surface area contributed by atoms with Gasteiger partial charge in [-0.2, -0.15) is 0 Å². The molecule has 4 heteroatoms. The fourth-order valence-corrected chi connectivity index (χ4v) is 3.60. The van der Waals surface area contributed by atoms with Gasteiger partial charge in [0.15, 0.2) is 0 Å². The van der Waals surface area contributed by atoms with E-state index in [4.69, 9.17) is 10.5 Å². The zero-order chi connectivity index (χ0) is 14.3. The summed E-state index contributed by atoms with van der Waals surface area (Å²) in [6, 6.07) is 1.92. The minimum absolute atomic E-state index is 0.0659. The lowest BCUT2D eigenvalue weighted by molar-refractivity contribution is 0.0289. The topological polar surface area (TPSA) is 65.2 Å². The van der Waals surface area contributed by atoms with E-state index in [9.17, 15) is 4.79 Å². The number of ether oxygens (including phenoxy) is 1. The summed E-state index contributed by atoms with van der Waals surface area (Å²) in [7, 11) is 0. The van der Waals surface area contributed by atoms with Crippen LogP contribution >= 0.6 is 0 Å². The van der Waals surface area contributed by atoms with Gasteiger partial charge in [-0.3, -0.25) is 4.79 Å². The summed E-state index contributed by atoms with van der Waals surface area (Å²) in [6.45, 7) is 4.39. The Balaban J connectivity index is 2.15. The average molecular weight is 274 g/mol. The molecular formula is C16H22N2O2. The molecule has 0 aromatic carbocycles. The molecule has 4 nitrogen and oxygen atoms in total. The Bertz CT molecular complexity index is 538. The van der Waals surface area contributed by atoms with Crippen LogP contribution in [0.2, 0.25) is 0 Å². The lowest BCUT2D eigenvalue weighted by atomic mass is 9.86. The maximum atomic E-state index is 11.6. The number of pyridine rings is 1. The van der Waals surface area contributed by atoms with Gasteiger partial charge in [-0.25, -0.2) is 4.98 Å². The first kappa shape index (κ1) is 13.6. The van der Waals surface area contributed by atoms with Gasteiger partial charge < -0.3 is 10.5 Å². The van der Waals surface area contributed by atoms with Crippen molar-refractivity contribution in [1.82, 2.24) is 4.98 Å². The maximum Gasteiger partial charge on any atom is 0.267 e. The number of amides is 1. The SMILES string of the molecule is CCC(CC)c1cc(C(N)=O)nc2c1CC1CCC2O1. The highest BCUT2D eigenvalue weighted by Gasteiger charge is 2.37. The molecule has 1 amide bonds. The molecule has 1 aromatic rings. The molecule has 3 heterocycles. The van der Waals surface area contributed by atoms with Crippen LogP contribution in [0.4, 0.5) is 0 Å². The number of carbonyl (C=O) groups is 1. The zero-order valence-corrected chi connectivity index (χ0v) is 12.2. The van der Waals surface area contributed by atoms with Crippen molar-refractivity contribution < 1.29 is 9.53 Å². The number of hydrogen-bond donors (Lipinski definition) is 1. The van der Waals surface area contributed by atoms with Gasteiger partial charge in [-0.15, -0.1) is 0 Å². The second-order valence-electron chi connectivity index (χ2n) is 5.87. The van der Waals surface area contributed by atoms with Crippen molar-refractivity contribution >= 4 is 5.91 Å². The highest BCUT2D eigenvalue weighted by atomic mass is 16.5. The van der Waals surface area contributed by atoms with Gasteiger partial charge in [0.05, 0.1) is 11.8 Å². The first-order valence-corrected chi connectivity index (χ1v) is 7.63. The first-order valence-electron chi connectivity index (χ1n) is 7.63. The third-order valence-electron chi connectivity index (χ3n) is 4.71. The first-order chi connectivity index (χ1) is 9.63. The van der Waals surface area contributed by atoms with Crippen LogP contribution in [0.15, 0.2) is 6.07 Å². The van der Waals surface area contributed by atoms with E-state index in [1.165, 1.54) is 11.1 Å². The Morgan fingerprint density at radius 2 is 2.20 bits per heavy atom. The minimum Gasteiger partial charge on any atom is -0.368 e. The van der Waals surface area contributed by atoms with Crippen LogP contribution < -0.4 is 5.73 Å². The predicted molar refractivity (Wildman–Crippen MR) is 76.6 cm³/mol. The predicted octanol–water partition coefficient (Wildman–Crippen LogP) is 2.86. The lowest BCUT2D eigenvalue weighted by Crippen LogP contribution is -2.24. The van der Waals surface area contributed by atoms with E-state index in [1.807, 2.05) is 6.07 Å². The lowest BCUT2D eigenvalue weighted by Gasteiger charge is -2.28. The second-order valence-corrected chi connectivity index (χ2v) is 5.87. The van der Waals surface area contributed by atoms with Crippen molar-refractivity contribution in [2.24, 2.45) is 5.73 Å². The molecule has 2 aliphatic rings. The molecule has 1 fully saturated rings. The molecule has 108 valence electrons. The summed E-state index contributed by atoms with van der Waals surface area (Å²) >= 11 is 0. The number of nitrogens with zero attached hydrogens (tertiary/aromatic N) is 1. The number of nitrogens with two attached hydrogens (primary N) is 1. The summed E-state index contributed by atoms with van der Waals surface area (Å²) in [5.41, 5.74) is 9.41. The van der Waals surface area contributed by atoms with Crippen molar-refractivity contribution in [2.45, 2.75) is 64.1 Å². The molecule has 2 aliphatic heterocycles. The second kappa shape index (κ2) is 5.17. The highest BCUT2D eigenvalue weighted by Crippen LogP contribution is 2.43. The molecule has 2 unspecified atom stereocenters. The summed E-state index contributed by atoms with van der Waals surface area (Å²) in [5.74, 6) is 0.0301. The van der Waals surface area contributed by atoms with Gasteiger partial charge in [0.1, 0.15) is 11.8 Å². The van der Waals surface area contributed by atoms with Crippen molar-refractivity contribution in [2.75, 3.05) is 0 Å². The fourth-order valence-electron chi connectivity index (χ4n) is 3.60. The molecule has 0 spiro atoms. The minimum atomic E-state index is -0.444.